The molecule has 0 aliphatic heterocycles. The van der Waals surface area contributed by atoms with E-state index in [9.17, 15) is 8.78 Å². The van der Waals surface area contributed by atoms with Crippen LogP contribution in [0, 0.1) is 24.5 Å². The highest BCUT2D eigenvalue weighted by Gasteiger charge is 2.32. The summed E-state index contributed by atoms with van der Waals surface area (Å²) in [6.45, 7) is 8.86. The monoisotopic (exact) mass is 281 g/mol. The van der Waals surface area contributed by atoms with Crippen molar-refractivity contribution < 1.29 is 8.78 Å². The Balaban J connectivity index is 2.17. The Labute approximate surface area is 120 Å². The fourth-order valence-corrected chi connectivity index (χ4v) is 3.08. The predicted octanol–water partition coefficient (Wildman–Crippen LogP) is 4.55. The standard InChI is InChI=1S/C17H25F2N/c1-11-8-9-14(16(19)15(11)18)13-7-5-6-12(13)10-20-17(2,3)4/h8-9,12-13,20H,5-7,10H2,1-4H3. The van der Waals surface area contributed by atoms with E-state index < -0.39 is 11.6 Å². The van der Waals surface area contributed by atoms with Crippen molar-refractivity contribution in [1.82, 2.24) is 5.32 Å². The number of nitrogens with one attached hydrogen (secondary N) is 1. The predicted molar refractivity (Wildman–Crippen MR) is 78.9 cm³/mol. The summed E-state index contributed by atoms with van der Waals surface area (Å²) in [6, 6.07) is 3.47. The third kappa shape index (κ3) is 3.38. The Morgan fingerprint density at radius 2 is 1.85 bits per heavy atom. The molecule has 0 radical (unpaired) electrons. The second kappa shape index (κ2) is 5.80. The SMILES string of the molecule is Cc1ccc(C2CCCC2CNC(C)(C)C)c(F)c1F. The summed E-state index contributed by atoms with van der Waals surface area (Å²) in [4.78, 5) is 0. The Hall–Kier alpha value is -0.960. The van der Waals surface area contributed by atoms with Gasteiger partial charge < -0.3 is 5.32 Å². The minimum atomic E-state index is -0.683. The van der Waals surface area contributed by atoms with Crippen LogP contribution in [0.1, 0.15) is 57.1 Å². The van der Waals surface area contributed by atoms with Gasteiger partial charge in [0, 0.05) is 5.54 Å². The van der Waals surface area contributed by atoms with E-state index in [0.29, 0.717) is 17.0 Å². The molecule has 2 unspecified atom stereocenters. The fourth-order valence-electron chi connectivity index (χ4n) is 3.08. The summed E-state index contributed by atoms with van der Waals surface area (Å²) >= 11 is 0. The number of rotatable bonds is 3. The second-order valence-corrected chi connectivity index (χ2v) is 7.03. The molecule has 0 saturated heterocycles. The summed E-state index contributed by atoms with van der Waals surface area (Å²) in [5, 5.41) is 3.49. The highest BCUT2D eigenvalue weighted by molar-refractivity contribution is 5.29. The van der Waals surface area contributed by atoms with Crippen molar-refractivity contribution in [2.24, 2.45) is 5.92 Å². The molecule has 0 spiro atoms. The van der Waals surface area contributed by atoms with Crippen molar-refractivity contribution >= 4 is 0 Å². The van der Waals surface area contributed by atoms with Crippen molar-refractivity contribution in [3.05, 3.63) is 34.9 Å². The molecule has 1 aromatic rings. The first kappa shape index (κ1) is 15.4. The van der Waals surface area contributed by atoms with Crippen molar-refractivity contribution in [1.29, 1.82) is 0 Å². The lowest BCUT2D eigenvalue weighted by atomic mass is 9.87. The van der Waals surface area contributed by atoms with E-state index in [4.69, 9.17) is 0 Å². The number of hydrogen-bond donors (Lipinski definition) is 1. The van der Waals surface area contributed by atoms with Gasteiger partial charge in [-0.25, -0.2) is 8.78 Å². The maximum atomic E-state index is 14.2. The van der Waals surface area contributed by atoms with Crippen LogP contribution in [-0.2, 0) is 0 Å². The van der Waals surface area contributed by atoms with Gasteiger partial charge in [-0.15, -0.1) is 0 Å². The van der Waals surface area contributed by atoms with Gasteiger partial charge in [0.25, 0.3) is 0 Å². The molecular formula is C17H25F2N. The lowest BCUT2D eigenvalue weighted by Gasteiger charge is -2.27. The smallest absolute Gasteiger partial charge is 0.162 e. The summed E-state index contributed by atoms with van der Waals surface area (Å²) < 4.78 is 27.9. The topological polar surface area (TPSA) is 12.0 Å². The molecule has 0 heterocycles. The first-order valence-electron chi connectivity index (χ1n) is 7.49. The van der Waals surface area contributed by atoms with Crippen molar-refractivity contribution in [2.45, 2.75) is 58.4 Å². The lowest BCUT2D eigenvalue weighted by Crippen LogP contribution is -2.39. The van der Waals surface area contributed by atoms with Crippen LogP contribution in [0.2, 0.25) is 0 Å². The van der Waals surface area contributed by atoms with Gasteiger partial charge in [0.15, 0.2) is 11.6 Å². The quantitative estimate of drug-likeness (QED) is 0.857. The number of benzene rings is 1. The molecule has 3 heteroatoms. The fraction of sp³-hybridized carbons (Fsp3) is 0.647. The molecule has 1 saturated carbocycles. The average molecular weight is 281 g/mol. The Bertz CT molecular complexity index is 477. The van der Waals surface area contributed by atoms with Crippen LogP contribution in [-0.4, -0.2) is 12.1 Å². The van der Waals surface area contributed by atoms with Crippen LogP contribution in [0.15, 0.2) is 12.1 Å². The zero-order valence-electron chi connectivity index (χ0n) is 12.9. The molecule has 2 atom stereocenters. The molecule has 1 aliphatic rings. The van der Waals surface area contributed by atoms with E-state index >= 15 is 0 Å². The van der Waals surface area contributed by atoms with E-state index in [1.54, 1.807) is 19.1 Å². The van der Waals surface area contributed by atoms with E-state index in [-0.39, 0.29) is 11.5 Å². The van der Waals surface area contributed by atoms with E-state index in [0.717, 1.165) is 25.8 Å². The van der Waals surface area contributed by atoms with Crippen LogP contribution < -0.4 is 5.32 Å². The van der Waals surface area contributed by atoms with E-state index in [1.807, 2.05) is 0 Å². The van der Waals surface area contributed by atoms with Gasteiger partial charge in [0.2, 0.25) is 0 Å². The van der Waals surface area contributed by atoms with Gasteiger partial charge in [-0.2, -0.15) is 0 Å². The van der Waals surface area contributed by atoms with Gasteiger partial charge in [-0.3, -0.25) is 0 Å². The molecule has 20 heavy (non-hydrogen) atoms. The third-order valence-electron chi connectivity index (χ3n) is 4.26. The van der Waals surface area contributed by atoms with Crippen LogP contribution in [0.3, 0.4) is 0 Å². The normalized spacial score (nSPS) is 23.3. The van der Waals surface area contributed by atoms with Gasteiger partial charge in [-0.05, 0) is 70.0 Å². The zero-order chi connectivity index (χ0) is 14.9. The van der Waals surface area contributed by atoms with Gasteiger partial charge in [-0.1, -0.05) is 18.6 Å². The Kier molecular flexibility index (Phi) is 4.48. The van der Waals surface area contributed by atoms with Crippen molar-refractivity contribution in [3.8, 4) is 0 Å². The molecular weight excluding hydrogens is 256 g/mol. The maximum absolute atomic E-state index is 14.2. The van der Waals surface area contributed by atoms with E-state index in [1.165, 1.54) is 0 Å². The molecule has 0 amide bonds. The Morgan fingerprint density at radius 1 is 1.15 bits per heavy atom. The van der Waals surface area contributed by atoms with Gasteiger partial charge in [0.05, 0.1) is 0 Å². The molecule has 0 aromatic heterocycles. The number of aryl methyl sites for hydroxylation is 1. The zero-order valence-corrected chi connectivity index (χ0v) is 12.9. The first-order chi connectivity index (χ1) is 9.29. The highest BCUT2D eigenvalue weighted by atomic mass is 19.2. The van der Waals surface area contributed by atoms with Gasteiger partial charge >= 0.3 is 0 Å². The summed E-state index contributed by atoms with van der Waals surface area (Å²) in [5.74, 6) is -0.791. The molecule has 1 N–H and O–H groups in total. The average Bonchev–Trinajstić information content (AvgIpc) is 2.81. The first-order valence-corrected chi connectivity index (χ1v) is 7.49. The van der Waals surface area contributed by atoms with Crippen LogP contribution >= 0.6 is 0 Å². The minimum absolute atomic E-state index is 0.0597. The summed E-state index contributed by atoms with van der Waals surface area (Å²) in [7, 11) is 0. The van der Waals surface area contributed by atoms with Crippen LogP contribution in [0.25, 0.3) is 0 Å². The summed E-state index contributed by atoms with van der Waals surface area (Å²) in [5.41, 5.74) is 1.00. The van der Waals surface area contributed by atoms with Crippen molar-refractivity contribution in [3.63, 3.8) is 0 Å². The molecule has 2 rings (SSSR count). The lowest BCUT2D eigenvalue weighted by molar-refractivity contribution is 0.351. The molecule has 1 fully saturated rings. The maximum Gasteiger partial charge on any atom is 0.162 e. The Morgan fingerprint density at radius 3 is 2.50 bits per heavy atom. The number of halogens is 2. The van der Waals surface area contributed by atoms with Crippen LogP contribution in [0.5, 0.6) is 0 Å². The molecule has 0 bridgehead atoms. The largest absolute Gasteiger partial charge is 0.312 e. The highest BCUT2D eigenvalue weighted by Crippen LogP contribution is 2.41. The van der Waals surface area contributed by atoms with E-state index in [2.05, 4.69) is 26.1 Å². The second-order valence-electron chi connectivity index (χ2n) is 7.03. The number of hydrogen-bond acceptors (Lipinski definition) is 1. The van der Waals surface area contributed by atoms with Crippen molar-refractivity contribution in [2.75, 3.05) is 6.54 Å². The van der Waals surface area contributed by atoms with Gasteiger partial charge in [0.1, 0.15) is 0 Å². The van der Waals surface area contributed by atoms with Crippen LogP contribution in [0.4, 0.5) is 8.78 Å². The summed E-state index contributed by atoms with van der Waals surface area (Å²) in [6.07, 6.45) is 3.13. The third-order valence-corrected chi connectivity index (χ3v) is 4.26. The molecule has 1 aromatic carbocycles. The molecule has 1 nitrogen and oxygen atoms in total. The minimum Gasteiger partial charge on any atom is -0.312 e. The molecule has 112 valence electrons. The molecule has 1 aliphatic carbocycles.